The van der Waals surface area contributed by atoms with E-state index in [1.54, 1.807) is 31.5 Å². The average molecular weight is 729 g/mol. The minimum absolute atomic E-state index is 0.328. The van der Waals surface area contributed by atoms with Gasteiger partial charge < -0.3 is 14.8 Å². The zero-order valence-electron chi connectivity index (χ0n) is 22.1. The van der Waals surface area contributed by atoms with Crippen LogP contribution < -0.4 is 20.2 Å². The fourth-order valence-electron chi connectivity index (χ4n) is 3.83. The molecule has 0 saturated heterocycles. The number of nitrogens with zero attached hydrogens (tertiary/aromatic N) is 2. The number of thiazole rings is 1. The molecule has 0 radical (unpaired) electrons. The van der Waals surface area contributed by atoms with E-state index in [1.807, 2.05) is 72.1 Å². The van der Waals surface area contributed by atoms with E-state index in [9.17, 15) is 4.79 Å². The lowest BCUT2D eigenvalue weighted by molar-refractivity contribution is 0.0955. The molecule has 4 aromatic carbocycles. The molecular weight excluding hydrogens is 706 g/mol. The number of methoxy groups -OCH3 is 1. The van der Waals surface area contributed by atoms with Gasteiger partial charge in [-0.15, -0.1) is 11.3 Å². The van der Waals surface area contributed by atoms with Crippen LogP contribution in [0.4, 0.5) is 10.8 Å². The number of rotatable bonds is 10. The number of anilines is 2. The molecule has 0 bridgehead atoms. The van der Waals surface area contributed by atoms with E-state index in [2.05, 4.69) is 43.4 Å². The van der Waals surface area contributed by atoms with Gasteiger partial charge in [0.25, 0.3) is 5.91 Å². The minimum atomic E-state index is -0.328. The summed E-state index contributed by atoms with van der Waals surface area (Å²) < 4.78 is 12.4. The Morgan fingerprint density at radius 2 is 1.69 bits per heavy atom. The zero-order chi connectivity index (χ0) is 29.5. The molecular formula is C31H23Cl2IN4O3S. The second kappa shape index (κ2) is 14.0. The molecule has 11 heteroatoms. The second-order valence-electron chi connectivity index (χ2n) is 8.90. The number of carbonyl (C=O) groups is 1. The Labute approximate surface area is 270 Å². The molecule has 1 aromatic heterocycles. The fourth-order valence-corrected chi connectivity index (χ4v) is 5.61. The first-order valence-corrected chi connectivity index (χ1v) is 15.3. The van der Waals surface area contributed by atoms with Crippen molar-refractivity contribution in [2.45, 2.75) is 6.61 Å². The van der Waals surface area contributed by atoms with E-state index < -0.39 is 0 Å². The van der Waals surface area contributed by atoms with Crippen molar-refractivity contribution in [1.82, 2.24) is 10.4 Å². The Morgan fingerprint density at radius 3 is 2.38 bits per heavy atom. The van der Waals surface area contributed by atoms with Crippen molar-refractivity contribution in [3.05, 3.63) is 121 Å². The number of benzene rings is 4. The largest absolute Gasteiger partial charge is 0.493 e. The number of carbonyl (C=O) groups excluding carboxylic acids is 1. The van der Waals surface area contributed by atoms with Crippen molar-refractivity contribution < 1.29 is 14.3 Å². The Hall–Kier alpha value is -3.64. The second-order valence-corrected chi connectivity index (χ2v) is 11.8. The van der Waals surface area contributed by atoms with Gasteiger partial charge in [-0.25, -0.2) is 10.4 Å². The summed E-state index contributed by atoms with van der Waals surface area (Å²) >= 11 is 15.6. The summed E-state index contributed by atoms with van der Waals surface area (Å²) in [6.45, 7) is 0.371. The van der Waals surface area contributed by atoms with Gasteiger partial charge >= 0.3 is 0 Å². The van der Waals surface area contributed by atoms with Gasteiger partial charge in [0.2, 0.25) is 0 Å². The van der Waals surface area contributed by atoms with Gasteiger partial charge in [0.15, 0.2) is 16.6 Å². The topological polar surface area (TPSA) is 84.8 Å². The Bertz CT molecular complexity index is 1710. The van der Waals surface area contributed by atoms with Crippen molar-refractivity contribution in [3.8, 4) is 22.8 Å². The van der Waals surface area contributed by atoms with Crippen LogP contribution in [0.25, 0.3) is 11.3 Å². The quantitative estimate of drug-likeness (QED) is 0.0853. The van der Waals surface area contributed by atoms with Gasteiger partial charge in [0.1, 0.15) is 6.61 Å². The molecule has 0 spiro atoms. The van der Waals surface area contributed by atoms with Crippen LogP contribution in [-0.2, 0) is 6.61 Å². The third kappa shape index (κ3) is 7.80. The molecule has 42 heavy (non-hydrogen) atoms. The molecule has 0 aliphatic rings. The van der Waals surface area contributed by atoms with Crippen molar-refractivity contribution in [2.24, 2.45) is 5.10 Å². The highest BCUT2D eigenvalue weighted by Gasteiger charge is 2.12. The standard InChI is InChI=1S/C31H23Cl2IN4O3S/c1-40-28-15-20(14-26(34)29(28)41-17-19-2-8-23(32)9-3-19)16-35-38-30(39)22-6-4-21(5-7-22)27-18-42-31(37-27)36-25-12-10-24(33)11-13-25/h2-16,18H,17H2,1H3,(H,36,37)(H,38,39)/b35-16-. The lowest BCUT2D eigenvalue weighted by Crippen LogP contribution is -2.17. The van der Waals surface area contributed by atoms with Crippen LogP contribution in [0.2, 0.25) is 10.0 Å². The molecule has 5 aromatic rings. The molecule has 1 heterocycles. The first-order chi connectivity index (χ1) is 20.4. The fraction of sp³-hybridized carbons (Fsp3) is 0.0645. The van der Waals surface area contributed by atoms with Crippen LogP contribution in [0.15, 0.2) is 95.4 Å². The zero-order valence-corrected chi connectivity index (χ0v) is 26.6. The van der Waals surface area contributed by atoms with Crippen molar-refractivity contribution in [3.63, 3.8) is 0 Å². The molecule has 0 aliphatic heterocycles. The van der Waals surface area contributed by atoms with Gasteiger partial charge in [-0.3, -0.25) is 4.79 Å². The predicted molar refractivity (Wildman–Crippen MR) is 179 cm³/mol. The van der Waals surface area contributed by atoms with Gasteiger partial charge in [0.05, 0.1) is 22.6 Å². The number of halogens is 3. The van der Waals surface area contributed by atoms with E-state index in [0.29, 0.717) is 33.7 Å². The summed E-state index contributed by atoms with van der Waals surface area (Å²) in [4.78, 5) is 17.3. The summed E-state index contributed by atoms with van der Waals surface area (Å²) in [6, 6.07) is 25.8. The van der Waals surface area contributed by atoms with Gasteiger partial charge in [-0.2, -0.15) is 5.10 Å². The lowest BCUT2D eigenvalue weighted by Gasteiger charge is -2.13. The van der Waals surface area contributed by atoms with E-state index in [-0.39, 0.29) is 5.91 Å². The number of hydrazone groups is 1. The first-order valence-electron chi connectivity index (χ1n) is 12.5. The normalized spacial score (nSPS) is 11.0. The van der Waals surface area contributed by atoms with Crippen LogP contribution in [-0.4, -0.2) is 24.2 Å². The highest BCUT2D eigenvalue weighted by Crippen LogP contribution is 2.34. The maximum Gasteiger partial charge on any atom is 0.271 e. The number of aromatic nitrogens is 1. The number of amides is 1. The number of ether oxygens (including phenoxy) is 2. The molecule has 5 rings (SSSR count). The highest BCUT2D eigenvalue weighted by atomic mass is 127. The van der Waals surface area contributed by atoms with Crippen molar-refractivity contribution in [1.29, 1.82) is 0 Å². The van der Waals surface area contributed by atoms with Crippen LogP contribution in [0.5, 0.6) is 11.5 Å². The number of hydrogen-bond donors (Lipinski definition) is 2. The van der Waals surface area contributed by atoms with Crippen LogP contribution in [0.1, 0.15) is 21.5 Å². The van der Waals surface area contributed by atoms with Gasteiger partial charge in [0, 0.05) is 32.2 Å². The SMILES string of the molecule is COc1cc(/C=N\NC(=O)c2ccc(-c3csc(Nc4ccc(Cl)cc4)n3)cc2)cc(I)c1OCc1ccc(Cl)cc1. The smallest absolute Gasteiger partial charge is 0.271 e. The van der Waals surface area contributed by atoms with E-state index in [0.717, 1.165) is 36.8 Å². The minimum Gasteiger partial charge on any atom is -0.493 e. The van der Waals surface area contributed by atoms with Gasteiger partial charge in [-0.1, -0.05) is 47.5 Å². The Morgan fingerprint density at radius 1 is 1.00 bits per heavy atom. The van der Waals surface area contributed by atoms with Crippen LogP contribution in [0.3, 0.4) is 0 Å². The third-order valence-corrected chi connectivity index (χ3v) is 8.03. The summed E-state index contributed by atoms with van der Waals surface area (Å²) in [5.74, 6) is 0.862. The van der Waals surface area contributed by atoms with Crippen molar-refractivity contribution >= 4 is 80.1 Å². The maximum atomic E-state index is 12.7. The number of nitrogens with one attached hydrogen (secondary N) is 2. The summed E-state index contributed by atoms with van der Waals surface area (Å²) in [5, 5.41) is 11.5. The Kier molecular flexibility index (Phi) is 9.96. The molecule has 0 fully saturated rings. The molecule has 0 aliphatic carbocycles. The van der Waals surface area contributed by atoms with Crippen LogP contribution in [0, 0.1) is 3.57 Å². The highest BCUT2D eigenvalue weighted by molar-refractivity contribution is 14.1. The predicted octanol–water partition coefficient (Wildman–Crippen LogP) is 8.82. The molecule has 1 amide bonds. The van der Waals surface area contributed by atoms with Crippen LogP contribution >= 0.6 is 57.1 Å². The first kappa shape index (κ1) is 29.8. The molecule has 0 atom stereocenters. The maximum absolute atomic E-state index is 12.7. The third-order valence-electron chi connectivity index (χ3n) is 5.97. The lowest BCUT2D eigenvalue weighted by atomic mass is 10.1. The van der Waals surface area contributed by atoms with E-state index in [4.69, 9.17) is 32.7 Å². The molecule has 7 nitrogen and oxygen atoms in total. The van der Waals surface area contributed by atoms with Crippen molar-refractivity contribution in [2.75, 3.05) is 12.4 Å². The Balaban J connectivity index is 1.18. The van der Waals surface area contributed by atoms with Gasteiger partial charge in [-0.05, 0) is 94.4 Å². The molecule has 0 unspecified atom stereocenters. The summed E-state index contributed by atoms with van der Waals surface area (Å²) in [7, 11) is 1.58. The monoisotopic (exact) mass is 728 g/mol. The van der Waals surface area contributed by atoms with E-state index in [1.165, 1.54) is 11.3 Å². The van der Waals surface area contributed by atoms with E-state index >= 15 is 0 Å². The summed E-state index contributed by atoms with van der Waals surface area (Å²) in [6.07, 6.45) is 1.56. The molecule has 0 saturated carbocycles. The number of hydrogen-bond acceptors (Lipinski definition) is 7. The molecule has 2 N–H and O–H groups in total. The molecule has 212 valence electrons. The average Bonchev–Trinajstić information content (AvgIpc) is 3.47. The summed E-state index contributed by atoms with van der Waals surface area (Å²) in [5.41, 5.74) is 7.40.